The minimum atomic E-state index is -0.0124. The van der Waals surface area contributed by atoms with Gasteiger partial charge < -0.3 is 15.3 Å². The van der Waals surface area contributed by atoms with E-state index >= 15 is 0 Å². The summed E-state index contributed by atoms with van der Waals surface area (Å²) in [4.78, 5) is 11.5. The minimum Gasteiger partial charge on any atom is -0.394 e. The average Bonchev–Trinajstić information content (AvgIpc) is 2.58. The molecule has 2 N–H and O–H groups in total. The van der Waals surface area contributed by atoms with E-state index in [9.17, 15) is 5.11 Å². The first-order valence-electron chi connectivity index (χ1n) is 9.04. The van der Waals surface area contributed by atoms with Gasteiger partial charge >= 0.3 is 0 Å². The van der Waals surface area contributed by atoms with Gasteiger partial charge in [0.15, 0.2) is 0 Å². The molecule has 1 aromatic heterocycles. The van der Waals surface area contributed by atoms with Gasteiger partial charge in [-0.15, -0.1) is 0 Å². The smallest absolute Gasteiger partial charge is 0.134 e. The number of nitrogens with one attached hydrogen (secondary N) is 1. The summed E-state index contributed by atoms with van der Waals surface area (Å²) in [6.45, 7) is 9.29. The lowest BCUT2D eigenvalue weighted by molar-refractivity contribution is 0.249. The monoisotopic (exact) mass is 340 g/mol. The first-order valence-corrected chi connectivity index (χ1v) is 9.04. The zero-order chi connectivity index (χ0) is 18.0. The van der Waals surface area contributed by atoms with E-state index in [0.717, 1.165) is 30.4 Å². The Bertz CT molecular complexity index is 731. The van der Waals surface area contributed by atoms with Gasteiger partial charge in [-0.05, 0) is 37.3 Å². The van der Waals surface area contributed by atoms with Crippen LogP contribution in [0.4, 0.5) is 11.6 Å². The first-order chi connectivity index (χ1) is 12.0. The molecule has 0 spiro atoms. The molecule has 2 atom stereocenters. The summed E-state index contributed by atoms with van der Waals surface area (Å²) in [5.74, 6) is 2.79. The molecule has 134 valence electrons. The van der Waals surface area contributed by atoms with Gasteiger partial charge in [0.1, 0.15) is 17.5 Å². The number of aryl methyl sites for hydroxylation is 1. The third-order valence-electron chi connectivity index (χ3n) is 4.96. The van der Waals surface area contributed by atoms with Crippen LogP contribution in [0.2, 0.25) is 0 Å². The highest BCUT2D eigenvalue weighted by atomic mass is 16.3. The van der Waals surface area contributed by atoms with E-state index in [-0.39, 0.29) is 12.6 Å². The molecular formula is C20H28N4O. The van der Waals surface area contributed by atoms with Crippen LogP contribution in [-0.2, 0) is 13.0 Å². The lowest BCUT2D eigenvalue weighted by Gasteiger charge is -2.36. The highest BCUT2D eigenvalue weighted by molar-refractivity contribution is 5.52. The van der Waals surface area contributed by atoms with Gasteiger partial charge in [0.25, 0.3) is 0 Å². The molecule has 3 rings (SSSR count). The molecule has 1 aliphatic rings. The van der Waals surface area contributed by atoms with Crippen molar-refractivity contribution in [3.8, 4) is 0 Å². The van der Waals surface area contributed by atoms with Crippen LogP contribution in [0.5, 0.6) is 0 Å². The molecule has 0 saturated heterocycles. The van der Waals surface area contributed by atoms with Crippen LogP contribution in [-0.4, -0.2) is 33.8 Å². The second-order valence-electron chi connectivity index (χ2n) is 7.29. The molecule has 5 nitrogen and oxygen atoms in total. The Kier molecular flexibility index (Phi) is 5.23. The Morgan fingerprint density at radius 2 is 1.96 bits per heavy atom. The number of anilines is 2. The van der Waals surface area contributed by atoms with Crippen molar-refractivity contribution >= 4 is 11.6 Å². The number of aliphatic hydroxyl groups is 1. The molecule has 1 aromatic carbocycles. The number of aromatic nitrogens is 2. The van der Waals surface area contributed by atoms with E-state index in [1.54, 1.807) is 0 Å². The quantitative estimate of drug-likeness (QED) is 0.875. The molecule has 0 radical (unpaired) electrons. The Balaban J connectivity index is 1.87. The van der Waals surface area contributed by atoms with Crippen molar-refractivity contribution < 1.29 is 5.11 Å². The largest absolute Gasteiger partial charge is 0.394 e. The standard InChI is InChI=1S/C20H28N4O/c1-13(2)18(12-25)23-19-10-20(22-15(4)21-19)24-11-17-8-6-5-7-16(17)9-14(24)3/h5-8,10,13-14,18,25H,9,11-12H2,1-4H3,(H,21,22,23)/t14-,18-/m0/s1. The summed E-state index contributed by atoms with van der Waals surface area (Å²) in [6.07, 6.45) is 1.02. The fourth-order valence-electron chi connectivity index (χ4n) is 3.37. The number of hydrogen-bond acceptors (Lipinski definition) is 5. The zero-order valence-corrected chi connectivity index (χ0v) is 15.5. The van der Waals surface area contributed by atoms with Gasteiger partial charge in [-0.3, -0.25) is 0 Å². The normalized spacial score (nSPS) is 18.2. The van der Waals surface area contributed by atoms with Gasteiger partial charge in [-0.25, -0.2) is 9.97 Å². The maximum absolute atomic E-state index is 9.58. The third kappa shape index (κ3) is 3.93. The zero-order valence-electron chi connectivity index (χ0n) is 15.5. The molecule has 0 aliphatic carbocycles. The molecular weight excluding hydrogens is 312 g/mol. The molecule has 0 bridgehead atoms. The maximum Gasteiger partial charge on any atom is 0.134 e. The molecule has 1 aliphatic heterocycles. The van der Waals surface area contributed by atoms with E-state index in [4.69, 9.17) is 0 Å². The van der Waals surface area contributed by atoms with Crippen LogP contribution in [0.25, 0.3) is 0 Å². The maximum atomic E-state index is 9.58. The Morgan fingerprint density at radius 3 is 2.64 bits per heavy atom. The molecule has 0 fully saturated rings. The Labute approximate surface area is 150 Å². The lowest BCUT2D eigenvalue weighted by atomic mass is 9.95. The van der Waals surface area contributed by atoms with Crippen molar-refractivity contribution in [2.24, 2.45) is 5.92 Å². The van der Waals surface area contributed by atoms with Crippen molar-refractivity contribution in [3.05, 3.63) is 47.3 Å². The van der Waals surface area contributed by atoms with Crippen molar-refractivity contribution in [2.75, 3.05) is 16.8 Å². The topological polar surface area (TPSA) is 61.3 Å². The van der Waals surface area contributed by atoms with Crippen molar-refractivity contribution in [3.63, 3.8) is 0 Å². The summed E-state index contributed by atoms with van der Waals surface area (Å²) in [5, 5.41) is 12.9. The first kappa shape index (κ1) is 17.7. The van der Waals surface area contributed by atoms with E-state index in [0.29, 0.717) is 12.0 Å². The molecule has 5 heteroatoms. The minimum absolute atomic E-state index is 0.0124. The van der Waals surface area contributed by atoms with Crippen molar-refractivity contribution in [1.82, 2.24) is 9.97 Å². The fourth-order valence-corrected chi connectivity index (χ4v) is 3.37. The number of aliphatic hydroxyl groups excluding tert-OH is 1. The molecule has 0 unspecified atom stereocenters. The van der Waals surface area contributed by atoms with Gasteiger partial charge in [-0.1, -0.05) is 38.1 Å². The van der Waals surface area contributed by atoms with E-state index in [1.165, 1.54) is 11.1 Å². The van der Waals surface area contributed by atoms with Crippen LogP contribution < -0.4 is 10.2 Å². The molecule has 25 heavy (non-hydrogen) atoms. The fraction of sp³-hybridized carbons (Fsp3) is 0.500. The predicted octanol–water partition coefficient (Wildman–Crippen LogP) is 3.17. The third-order valence-corrected chi connectivity index (χ3v) is 4.96. The van der Waals surface area contributed by atoms with Crippen LogP contribution in [0.15, 0.2) is 30.3 Å². The molecule has 2 heterocycles. The van der Waals surface area contributed by atoms with E-state index < -0.39 is 0 Å². The summed E-state index contributed by atoms with van der Waals surface area (Å²) in [6, 6.07) is 11.0. The summed E-state index contributed by atoms with van der Waals surface area (Å²) < 4.78 is 0. The highest BCUT2D eigenvalue weighted by Gasteiger charge is 2.24. The number of fused-ring (bicyclic) bond motifs is 1. The number of benzene rings is 1. The summed E-state index contributed by atoms with van der Waals surface area (Å²) in [5.41, 5.74) is 2.79. The Hall–Kier alpha value is -2.14. The number of hydrogen-bond donors (Lipinski definition) is 2. The van der Waals surface area contributed by atoms with Crippen LogP contribution in [0.3, 0.4) is 0 Å². The van der Waals surface area contributed by atoms with Crippen LogP contribution in [0.1, 0.15) is 37.7 Å². The van der Waals surface area contributed by atoms with E-state index in [2.05, 4.69) is 65.2 Å². The Morgan fingerprint density at radius 1 is 1.24 bits per heavy atom. The SMILES string of the molecule is Cc1nc(N[C@@H](CO)C(C)C)cc(N2Cc3ccccc3C[C@@H]2C)n1. The number of rotatable bonds is 5. The second-order valence-corrected chi connectivity index (χ2v) is 7.29. The van der Waals surface area contributed by atoms with Gasteiger partial charge in [0.05, 0.1) is 12.6 Å². The highest BCUT2D eigenvalue weighted by Crippen LogP contribution is 2.28. The van der Waals surface area contributed by atoms with Gasteiger partial charge in [0.2, 0.25) is 0 Å². The van der Waals surface area contributed by atoms with Crippen LogP contribution >= 0.6 is 0 Å². The molecule has 0 amide bonds. The summed E-state index contributed by atoms with van der Waals surface area (Å²) >= 11 is 0. The lowest BCUT2D eigenvalue weighted by Crippen LogP contribution is -2.39. The van der Waals surface area contributed by atoms with E-state index in [1.807, 2.05) is 13.0 Å². The average molecular weight is 340 g/mol. The van der Waals surface area contributed by atoms with Gasteiger partial charge in [-0.2, -0.15) is 0 Å². The van der Waals surface area contributed by atoms with Gasteiger partial charge in [0, 0.05) is 18.7 Å². The number of nitrogens with zero attached hydrogens (tertiary/aromatic N) is 3. The van der Waals surface area contributed by atoms with Crippen LogP contribution in [0, 0.1) is 12.8 Å². The van der Waals surface area contributed by atoms with Crippen molar-refractivity contribution in [1.29, 1.82) is 0 Å². The molecule has 2 aromatic rings. The van der Waals surface area contributed by atoms with Crippen molar-refractivity contribution in [2.45, 2.75) is 52.7 Å². The second kappa shape index (κ2) is 7.40. The predicted molar refractivity (Wildman–Crippen MR) is 102 cm³/mol. The molecule has 0 saturated carbocycles. The summed E-state index contributed by atoms with van der Waals surface area (Å²) in [7, 11) is 0.